The summed E-state index contributed by atoms with van der Waals surface area (Å²) in [6.07, 6.45) is 11.4. The predicted octanol–water partition coefficient (Wildman–Crippen LogP) is 5.29. The topological polar surface area (TPSA) is 32.3 Å². The van der Waals surface area contributed by atoms with Gasteiger partial charge >= 0.3 is 0 Å². The van der Waals surface area contributed by atoms with Gasteiger partial charge in [-0.1, -0.05) is 57.6 Å². The standard InChI is InChI=1S/C19H31NO/c1-2-8-19(21)17-12-6-13-18(15-17)20-14-7-11-16-9-4-3-5-10-16/h6,12-13,15-16,19-21H,2-5,7-11,14H2,1H3. The van der Waals surface area contributed by atoms with Crippen molar-refractivity contribution in [3.63, 3.8) is 0 Å². The zero-order valence-electron chi connectivity index (χ0n) is 13.5. The van der Waals surface area contributed by atoms with Gasteiger partial charge in [0.05, 0.1) is 6.10 Å². The van der Waals surface area contributed by atoms with Crippen LogP contribution in [0.15, 0.2) is 24.3 Å². The van der Waals surface area contributed by atoms with Gasteiger partial charge in [-0.15, -0.1) is 0 Å². The molecule has 1 atom stereocenters. The summed E-state index contributed by atoms with van der Waals surface area (Å²) in [5.41, 5.74) is 2.18. The number of anilines is 1. The lowest BCUT2D eigenvalue weighted by atomic mass is 9.86. The fourth-order valence-corrected chi connectivity index (χ4v) is 3.40. The zero-order chi connectivity index (χ0) is 14.9. The maximum atomic E-state index is 10.1. The molecular weight excluding hydrogens is 258 g/mol. The lowest BCUT2D eigenvalue weighted by molar-refractivity contribution is 0.166. The van der Waals surface area contributed by atoms with Crippen molar-refractivity contribution in [1.29, 1.82) is 0 Å². The highest BCUT2D eigenvalue weighted by Crippen LogP contribution is 2.27. The maximum absolute atomic E-state index is 10.1. The molecule has 0 saturated heterocycles. The van der Waals surface area contributed by atoms with Gasteiger partial charge < -0.3 is 10.4 Å². The molecule has 1 aromatic carbocycles. The van der Waals surface area contributed by atoms with Crippen LogP contribution in [0.1, 0.15) is 76.4 Å². The van der Waals surface area contributed by atoms with Crippen LogP contribution >= 0.6 is 0 Å². The molecule has 1 aliphatic carbocycles. The van der Waals surface area contributed by atoms with Crippen molar-refractivity contribution in [2.45, 2.75) is 70.8 Å². The van der Waals surface area contributed by atoms with Gasteiger partial charge in [0.25, 0.3) is 0 Å². The second-order valence-electron chi connectivity index (χ2n) is 6.50. The Morgan fingerprint density at radius 1 is 1.24 bits per heavy atom. The average Bonchev–Trinajstić information content (AvgIpc) is 2.53. The molecule has 2 rings (SSSR count). The van der Waals surface area contributed by atoms with Crippen LogP contribution < -0.4 is 5.32 Å². The fraction of sp³-hybridized carbons (Fsp3) is 0.684. The first-order valence-electron chi connectivity index (χ1n) is 8.81. The maximum Gasteiger partial charge on any atom is 0.0790 e. The van der Waals surface area contributed by atoms with Crippen LogP contribution in [0, 0.1) is 5.92 Å². The molecule has 21 heavy (non-hydrogen) atoms. The molecule has 0 radical (unpaired) electrons. The third-order valence-corrected chi connectivity index (χ3v) is 4.68. The molecule has 0 bridgehead atoms. The molecule has 2 nitrogen and oxygen atoms in total. The Morgan fingerprint density at radius 3 is 2.81 bits per heavy atom. The number of benzene rings is 1. The van der Waals surface area contributed by atoms with Crippen LogP contribution in [0.25, 0.3) is 0 Å². The lowest BCUT2D eigenvalue weighted by Gasteiger charge is -2.21. The van der Waals surface area contributed by atoms with Gasteiger partial charge in [0, 0.05) is 12.2 Å². The monoisotopic (exact) mass is 289 g/mol. The molecule has 1 unspecified atom stereocenters. The lowest BCUT2D eigenvalue weighted by Crippen LogP contribution is -2.09. The first kappa shape index (κ1) is 16.4. The van der Waals surface area contributed by atoms with Crippen molar-refractivity contribution in [3.05, 3.63) is 29.8 Å². The molecule has 0 aliphatic heterocycles. The van der Waals surface area contributed by atoms with Gasteiger partial charge in [0.15, 0.2) is 0 Å². The minimum atomic E-state index is -0.320. The second-order valence-corrected chi connectivity index (χ2v) is 6.50. The number of hydrogen-bond donors (Lipinski definition) is 2. The molecule has 0 spiro atoms. The van der Waals surface area contributed by atoms with Gasteiger partial charge in [-0.2, -0.15) is 0 Å². The number of rotatable bonds is 8. The van der Waals surface area contributed by atoms with Gasteiger partial charge in [-0.05, 0) is 42.9 Å². The summed E-state index contributed by atoms with van der Waals surface area (Å²) >= 11 is 0. The van der Waals surface area contributed by atoms with Crippen molar-refractivity contribution in [1.82, 2.24) is 0 Å². The van der Waals surface area contributed by atoms with E-state index < -0.39 is 0 Å². The Labute approximate surface area is 130 Å². The van der Waals surface area contributed by atoms with Crippen molar-refractivity contribution in [2.75, 3.05) is 11.9 Å². The van der Waals surface area contributed by atoms with E-state index >= 15 is 0 Å². The van der Waals surface area contributed by atoms with Crippen molar-refractivity contribution < 1.29 is 5.11 Å². The number of aliphatic hydroxyl groups excluding tert-OH is 1. The minimum Gasteiger partial charge on any atom is -0.388 e. The van der Waals surface area contributed by atoms with Crippen molar-refractivity contribution in [3.8, 4) is 0 Å². The average molecular weight is 289 g/mol. The van der Waals surface area contributed by atoms with E-state index in [4.69, 9.17) is 0 Å². The highest BCUT2D eigenvalue weighted by molar-refractivity contribution is 5.46. The van der Waals surface area contributed by atoms with E-state index in [0.717, 1.165) is 36.6 Å². The number of nitrogens with one attached hydrogen (secondary N) is 1. The Balaban J connectivity index is 1.71. The Bertz CT molecular complexity index is 398. The van der Waals surface area contributed by atoms with E-state index in [2.05, 4.69) is 24.4 Å². The predicted molar refractivity (Wildman–Crippen MR) is 90.6 cm³/mol. The molecule has 118 valence electrons. The van der Waals surface area contributed by atoms with Crippen LogP contribution in [-0.4, -0.2) is 11.7 Å². The Morgan fingerprint density at radius 2 is 2.05 bits per heavy atom. The highest BCUT2D eigenvalue weighted by atomic mass is 16.3. The molecule has 0 heterocycles. The summed E-state index contributed by atoms with van der Waals surface area (Å²) in [4.78, 5) is 0. The SMILES string of the molecule is CCCC(O)c1cccc(NCCCC2CCCCC2)c1. The van der Waals surface area contributed by atoms with E-state index in [9.17, 15) is 5.11 Å². The summed E-state index contributed by atoms with van der Waals surface area (Å²) < 4.78 is 0. The van der Waals surface area contributed by atoms with E-state index in [0.29, 0.717) is 0 Å². The van der Waals surface area contributed by atoms with Crippen LogP contribution in [0.5, 0.6) is 0 Å². The van der Waals surface area contributed by atoms with E-state index in [1.54, 1.807) is 0 Å². The summed E-state index contributed by atoms with van der Waals surface area (Å²) in [6.45, 7) is 3.15. The Hall–Kier alpha value is -1.02. The largest absolute Gasteiger partial charge is 0.388 e. The number of aliphatic hydroxyl groups is 1. The first-order chi connectivity index (χ1) is 10.3. The van der Waals surface area contributed by atoms with E-state index in [-0.39, 0.29) is 6.10 Å². The molecule has 1 aromatic rings. The third kappa shape index (κ3) is 5.70. The summed E-state index contributed by atoms with van der Waals surface area (Å²) in [7, 11) is 0. The van der Waals surface area contributed by atoms with Gasteiger partial charge in [0.2, 0.25) is 0 Å². The van der Waals surface area contributed by atoms with E-state index in [1.807, 2.05) is 12.1 Å². The third-order valence-electron chi connectivity index (χ3n) is 4.68. The Kier molecular flexibility index (Phi) is 7.08. The van der Waals surface area contributed by atoms with Gasteiger partial charge in [0.1, 0.15) is 0 Å². The van der Waals surface area contributed by atoms with Crippen LogP contribution in [0.3, 0.4) is 0 Å². The highest BCUT2D eigenvalue weighted by Gasteiger charge is 2.12. The van der Waals surface area contributed by atoms with Crippen LogP contribution in [0.2, 0.25) is 0 Å². The van der Waals surface area contributed by atoms with Crippen LogP contribution in [0.4, 0.5) is 5.69 Å². The van der Waals surface area contributed by atoms with Crippen molar-refractivity contribution >= 4 is 5.69 Å². The molecule has 1 fully saturated rings. The van der Waals surface area contributed by atoms with Gasteiger partial charge in [-0.3, -0.25) is 0 Å². The first-order valence-corrected chi connectivity index (χ1v) is 8.81. The smallest absolute Gasteiger partial charge is 0.0790 e. The molecule has 1 saturated carbocycles. The molecule has 0 amide bonds. The molecule has 1 aliphatic rings. The minimum absolute atomic E-state index is 0.320. The quantitative estimate of drug-likeness (QED) is 0.637. The van der Waals surface area contributed by atoms with Crippen molar-refractivity contribution in [2.24, 2.45) is 5.92 Å². The summed E-state index contributed by atoms with van der Waals surface area (Å²) in [6, 6.07) is 8.26. The number of hydrogen-bond acceptors (Lipinski definition) is 2. The summed E-state index contributed by atoms with van der Waals surface area (Å²) in [5, 5.41) is 13.6. The second kappa shape index (κ2) is 9.09. The fourth-order valence-electron chi connectivity index (χ4n) is 3.40. The summed E-state index contributed by atoms with van der Waals surface area (Å²) in [5.74, 6) is 0.971. The zero-order valence-corrected chi connectivity index (χ0v) is 13.5. The molecule has 2 N–H and O–H groups in total. The molecule has 2 heteroatoms. The normalized spacial score (nSPS) is 17.6. The van der Waals surface area contributed by atoms with Gasteiger partial charge in [-0.25, -0.2) is 0 Å². The molecule has 0 aromatic heterocycles. The van der Waals surface area contributed by atoms with Crippen LogP contribution in [-0.2, 0) is 0 Å². The van der Waals surface area contributed by atoms with E-state index in [1.165, 1.54) is 44.9 Å². The molecular formula is C19H31NO.